The molecule has 35 heavy (non-hydrogen) atoms. The molecule has 0 unspecified atom stereocenters. The van der Waals surface area contributed by atoms with E-state index in [-0.39, 0.29) is 23.8 Å². The van der Waals surface area contributed by atoms with E-state index in [0.29, 0.717) is 42.0 Å². The van der Waals surface area contributed by atoms with Crippen LogP contribution in [0.5, 0.6) is 0 Å². The third kappa shape index (κ3) is 3.72. The zero-order valence-electron chi connectivity index (χ0n) is 20.0. The van der Waals surface area contributed by atoms with Gasteiger partial charge in [0.1, 0.15) is 12.1 Å². The summed E-state index contributed by atoms with van der Waals surface area (Å²) >= 11 is 0. The van der Waals surface area contributed by atoms with Crippen LogP contribution in [0.25, 0.3) is 0 Å². The summed E-state index contributed by atoms with van der Waals surface area (Å²) in [6.07, 6.45) is 9.39. The van der Waals surface area contributed by atoms with Crippen molar-refractivity contribution >= 4 is 35.1 Å². The molecule has 7 rings (SSSR count). The number of hydrogen-bond acceptors (Lipinski definition) is 5. The summed E-state index contributed by atoms with van der Waals surface area (Å²) in [5.41, 5.74) is -0.0579. The zero-order valence-corrected chi connectivity index (χ0v) is 20.0. The molecule has 5 saturated carbocycles. The fourth-order valence-corrected chi connectivity index (χ4v) is 8.12. The van der Waals surface area contributed by atoms with E-state index in [0.717, 1.165) is 32.1 Å². The van der Waals surface area contributed by atoms with Crippen LogP contribution >= 0.6 is 0 Å². The third-order valence-electron chi connectivity index (χ3n) is 9.19. The van der Waals surface area contributed by atoms with Gasteiger partial charge >= 0.3 is 5.97 Å². The van der Waals surface area contributed by atoms with Crippen molar-refractivity contribution in [1.29, 1.82) is 0 Å². The topological polar surface area (TPSA) is 105 Å². The van der Waals surface area contributed by atoms with Crippen LogP contribution in [0.4, 0.5) is 11.4 Å². The van der Waals surface area contributed by atoms with Crippen molar-refractivity contribution < 1.29 is 23.9 Å². The summed E-state index contributed by atoms with van der Waals surface area (Å²) in [6, 6.07) is 7.20. The minimum absolute atomic E-state index is 0.0357. The van der Waals surface area contributed by atoms with Crippen molar-refractivity contribution in [3.63, 3.8) is 0 Å². The largest absolute Gasteiger partial charge is 0.454 e. The van der Waals surface area contributed by atoms with Crippen LogP contribution in [0.3, 0.4) is 0 Å². The minimum atomic E-state index is -0.940. The lowest BCUT2D eigenvalue weighted by atomic mass is 9.49. The molecule has 2 N–H and O–H groups in total. The molecule has 6 aliphatic rings. The lowest BCUT2D eigenvalue weighted by molar-refractivity contribution is -0.152. The fraction of sp³-hybridized carbons (Fsp3) is 0.630. The number of carbonyl (C=O) groups is 4. The highest BCUT2D eigenvalue weighted by molar-refractivity contribution is 6.15. The van der Waals surface area contributed by atoms with Gasteiger partial charge in [0, 0.05) is 5.41 Å². The van der Waals surface area contributed by atoms with Crippen LogP contribution in [0, 0.1) is 23.2 Å². The van der Waals surface area contributed by atoms with Crippen molar-refractivity contribution in [1.82, 2.24) is 5.32 Å². The number of nitrogens with one attached hydrogen (secondary N) is 2. The second-order valence-corrected chi connectivity index (χ2v) is 11.5. The number of nitrogens with zero attached hydrogens (tertiary/aromatic N) is 1. The Morgan fingerprint density at radius 3 is 2.29 bits per heavy atom. The van der Waals surface area contributed by atoms with Crippen LogP contribution in [0.2, 0.25) is 0 Å². The van der Waals surface area contributed by atoms with Gasteiger partial charge in [-0.25, -0.2) is 0 Å². The summed E-state index contributed by atoms with van der Waals surface area (Å²) < 4.78 is 5.30. The Hall–Kier alpha value is -2.90. The minimum Gasteiger partial charge on any atom is -0.454 e. The number of para-hydroxylation sites is 2. The Morgan fingerprint density at radius 1 is 1.00 bits per heavy atom. The van der Waals surface area contributed by atoms with Crippen molar-refractivity contribution in [2.75, 3.05) is 23.4 Å². The molecular formula is C27H33N3O5. The lowest BCUT2D eigenvalue weighted by Crippen LogP contribution is -2.61. The second-order valence-electron chi connectivity index (χ2n) is 11.5. The molecule has 186 valence electrons. The Labute approximate surface area is 205 Å². The standard InChI is InChI=1S/C27H33N3O5/c31-22(30-21-6-2-1-5-20(21)29-25(34)27(30)7-3-4-8-27)16-35-23(32)15-28-24(33)26-12-17-9-18(13-26)11-19(10-17)14-26/h1-2,5-6,17-19H,3-4,7-16H2,(H,28,33)(H,29,34). The van der Waals surface area contributed by atoms with Crippen molar-refractivity contribution in [2.24, 2.45) is 23.2 Å². The number of esters is 1. The van der Waals surface area contributed by atoms with Crippen LogP contribution in [-0.4, -0.2) is 42.4 Å². The smallest absolute Gasteiger partial charge is 0.325 e. The van der Waals surface area contributed by atoms with E-state index >= 15 is 0 Å². The molecule has 0 aromatic heterocycles. The molecular weight excluding hydrogens is 446 g/mol. The molecule has 8 heteroatoms. The van der Waals surface area contributed by atoms with Gasteiger partial charge in [0.05, 0.1) is 11.4 Å². The number of fused-ring (bicyclic) bond motifs is 1. The molecule has 0 saturated heterocycles. The number of amides is 3. The molecule has 1 aromatic carbocycles. The predicted molar refractivity (Wildman–Crippen MR) is 128 cm³/mol. The van der Waals surface area contributed by atoms with Crippen molar-refractivity contribution in [3.8, 4) is 0 Å². The van der Waals surface area contributed by atoms with Crippen molar-refractivity contribution in [3.05, 3.63) is 24.3 Å². The molecule has 0 radical (unpaired) electrons. The molecule has 8 nitrogen and oxygen atoms in total. The van der Waals surface area contributed by atoms with E-state index in [1.54, 1.807) is 18.2 Å². The number of ether oxygens (including phenoxy) is 1. The summed E-state index contributed by atoms with van der Waals surface area (Å²) in [6.45, 7) is -0.703. The Balaban J connectivity index is 1.09. The van der Waals surface area contributed by atoms with Gasteiger partial charge in [-0.15, -0.1) is 0 Å². The highest BCUT2D eigenvalue weighted by Crippen LogP contribution is 2.60. The summed E-state index contributed by atoms with van der Waals surface area (Å²) in [4.78, 5) is 53.5. The molecule has 4 bridgehead atoms. The van der Waals surface area contributed by atoms with Crippen LogP contribution < -0.4 is 15.5 Å². The van der Waals surface area contributed by atoms with Gasteiger partial charge in [-0.1, -0.05) is 25.0 Å². The van der Waals surface area contributed by atoms with Gasteiger partial charge < -0.3 is 15.4 Å². The van der Waals surface area contributed by atoms with Crippen molar-refractivity contribution in [2.45, 2.75) is 69.7 Å². The molecule has 1 aliphatic heterocycles. The van der Waals surface area contributed by atoms with Gasteiger partial charge in [0.2, 0.25) is 5.91 Å². The maximum Gasteiger partial charge on any atom is 0.325 e. The highest BCUT2D eigenvalue weighted by Gasteiger charge is 2.55. The monoisotopic (exact) mass is 479 g/mol. The van der Waals surface area contributed by atoms with E-state index < -0.39 is 24.0 Å². The molecule has 1 heterocycles. The van der Waals surface area contributed by atoms with E-state index in [2.05, 4.69) is 10.6 Å². The first-order valence-electron chi connectivity index (χ1n) is 13.1. The third-order valence-corrected chi connectivity index (χ3v) is 9.19. The number of anilines is 2. The van der Waals surface area contributed by atoms with Gasteiger partial charge in [0.25, 0.3) is 11.8 Å². The van der Waals surface area contributed by atoms with Gasteiger partial charge in [-0.2, -0.15) is 0 Å². The fourth-order valence-electron chi connectivity index (χ4n) is 8.12. The molecule has 1 aromatic rings. The van der Waals surface area contributed by atoms with Crippen LogP contribution in [0.15, 0.2) is 24.3 Å². The SMILES string of the molecule is O=C(CNC(=O)C12CC3CC(CC(C3)C1)C2)OCC(=O)N1c2ccccc2NC(=O)C12CCCC2. The molecule has 5 aliphatic carbocycles. The van der Waals surface area contributed by atoms with E-state index in [9.17, 15) is 19.2 Å². The predicted octanol–water partition coefficient (Wildman–Crippen LogP) is 3.16. The van der Waals surface area contributed by atoms with Crippen LogP contribution in [-0.2, 0) is 23.9 Å². The highest BCUT2D eigenvalue weighted by atomic mass is 16.5. The average Bonchev–Trinajstić information content (AvgIpc) is 3.31. The number of hydrogen-bond donors (Lipinski definition) is 2. The van der Waals surface area contributed by atoms with Gasteiger partial charge in [-0.05, 0) is 81.3 Å². The lowest BCUT2D eigenvalue weighted by Gasteiger charge is -2.55. The Morgan fingerprint density at radius 2 is 1.63 bits per heavy atom. The van der Waals surface area contributed by atoms with Gasteiger partial charge in [0.15, 0.2) is 6.61 Å². The summed E-state index contributed by atoms with van der Waals surface area (Å²) in [5, 5.41) is 5.75. The number of rotatable bonds is 5. The van der Waals surface area contributed by atoms with E-state index in [4.69, 9.17) is 4.74 Å². The zero-order chi connectivity index (χ0) is 24.2. The first-order valence-corrected chi connectivity index (χ1v) is 13.1. The number of benzene rings is 1. The van der Waals surface area contributed by atoms with E-state index in [1.165, 1.54) is 24.2 Å². The normalized spacial score (nSPS) is 31.7. The molecule has 0 atom stereocenters. The Kier molecular flexibility index (Phi) is 5.38. The maximum absolute atomic E-state index is 13.3. The summed E-state index contributed by atoms with van der Waals surface area (Å²) in [7, 11) is 0. The maximum atomic E-state index is 13.3. The first kappa shape index (κ1) is 22.6. The average molecular weight is 480 g/mol. The van der Waals surface area contributed by atoms with Gasteiger partial charge in [-0.3, -0.25) is 24.1 Å². The second kappa shape index (κ2) is 8.35. The van der Waals surface area contributed by atoms with E-state index in [1.807, 2.05) is 6.07 Å². The Bertz CT molecular complexity index is 1040. The quantitative estimate of drug-likeness (QED) is 0.632. The summed E-state index contributed by atoms with van der Waals surface area (Å²) in [5.74, 6) is 0.654. The van der Waals surface area contributed by atoms with Crippen LogP contribution in [0.1, 0.15) is 64.2 Å². The molecule has 5 fully saturated rings. The number of carbonyl (C=O) groups excluding carboxylic acids is 4. The molecule has 1 spiro atoms. The first-order chi connectivity index (χ1) is 16.9. The molecule has 3 amide bonds.